The van der Waals surface area contributed by atoms with Gasteiger partial charge in [-0.15, -0.1) is 10.2 Å². The molecule has 26 heavy (non-hydrogen) atoms. The number of carbonyl (C=O) groups is 1. The quantitative estimate of drug-likeness (QED) is 0.801. The van der Waals surface area contributed by atoms with Crippen LogP contribution in [0.25, 0.3) is 0 Å². The van der Waals surface area contributed by atoms with E-state index in [2.05, 4.69) is 20.2 Å². The van der Waals surface area contributed by atoms with E-state index in [-0.39, 0.29) is 6.03 Å². The molecule has 0 N–H and O–H groups in total. The smallest absolute Gasteiger partial charge is 0.324 e. The summed E-state index contributed by atoms with van der Waals surface area (Å²) >= 11 is 1.77. The van der Waals surface area contributed by atoms with Gasteiger partial charge in [0.05, 0.1) is 24.5 Å². The average Bonchev–Trinajstić information content (AvgIpc) is 3.03. The van der Waals surface area contributed by atoms with Crippen LogP contribution in [0, 0.1) is 0 Å². The van der Waals surface area contributed by atoms with Crippen molar-refractivity contribution < 1.29 is 4.79 Å². The molecule has 1 aliphatic carbocycles. The fraction of sp³-hybridized carbons (Fsp3) is 0.647. The number of aromatic nitrogens is 4. The largest absolute Gasteiger partial charge is 0.326 e. The summed E-state index contributed by atoms with van der Waals surface area (Å²) in [6.45, 7) is 4.39. The fourth-order valence-electron chi connectivity index (χ4n) is 3.74. The molecule has 2 aromatic rings. The summed E-state index contributed by atoms with van der Waals surface area (Å²) in [5, 5.41) is 15.6. The van der Waals surface area contributed by atoms with Gasteiger partial charge in [-0.3, -0.25) is 14.5 Å². The topological polar surface area (TPSA) is 70.4 Å². The van der Waals surface area contributed by atoms with Crippen LogP contribution in [0.1, 0.15) is 41.2 Å². The Morgan fingerprint density at radius 1 is 1.19 bits per heavy atom. The molecule has 1 unspecified atom stereocenters. The van der Waals surface area contributed by atoms with Gasteiger partial charge in [0.25, 0.3) is 0 Å². The van der Waals surface area contributed by atoms with E-state index in [4.69, 9.17) is 0 Å². The molecule has 2 amide bonds. The summed E-state index contributed by atoms with van der Waals surface area (Å²) in [5.74, 6) is 0.683. The molecule has 9 heteroatoms. The second-order valence-corrected chi connectivity index (χ2v) is 8.61. The molecule has 0 spiro atoms. The minimum atomic E-state index is 0.0559. The fourth-order valence-corrected chi connectivity index (χ4v) is 4.80. The number of likely N-dealkylation sites (N-methyl/N-ethyl adjacent to an activating group) is 1. The summed E-state index contributed by atoms with van der Waals surface area (Å²) < 4.78 is 2.02. The van der Waals surface area contributed by atoms with Gasteiger partial charge in [-0.2, -0.15) is 5.10 Å². The van der Waals surface area contributed by atoms with Crippen molar-refractivity contribution >= 4 is 23.1 Å². The van der Waals surface area contributed by atoms with E-state index in [1.54, 1.807) is 21.1 Å². The summed E-state index contributed by atoms with van der Waals surface area (Å²) in [6.07, 6.45) is 7.45. The van der Waals surface area contributed by atoms with E-state index in [1.807, 2.05) is 24.1 Å². The van der Waals surface area contributed by atoms with E-state index in [0.29, 0.717) is 12.0 Å². The van der Waals surface area contributed by atoms with Crippen LogP contribution in [0.3, 0.4) is 0 Å². The summed E-state index contributed by atoms with van der Waals surface area (Å²) in [4.78, 5) is 18.1. The van der Waals surface area contributed by atoms with Crippen LogP contribution >= 0.6 is 11.3 Å². The standard InChI is InChI=1S/C17H23N7OS/c1-21-6-7-23(17(21)25)14-8-18-24(10-14)13-4-5-22(9-13)11-15-19-20-16(26-15)12-2-3-12/h8,10,12-13H,2-7,9,11H2,1H3. The van der Waals surface area contributed by atoms with Gasteiger partial charge in [0.1, 0.15) is 10.0 Å². The highest BCUT2D eigenvalue weighted by Crippen LogP contribution is 2.41. The van der Waals surface area contributed by atoms with E-state index in [0.717, 1.165) is 49.8 Å². The zero-order valence-corrected chi connectivity index (χ0v) is 15.7. The first-order valence-electron chi connectivity index (χ1n) is 9.29. The molecule has 0 radical (unpaired) electrons. The highest BCUT2D eigenvalue weighted by atomic mass is 32.1. The van der Waals surface area contributed by atoms with Crippen LogP contribution in [-0.4, -0.2) is 69.0 Å². The SMILES string of the molecule is CN1CCN(c2cnn(C3CCN(Cc4nnc(C5CC5)s4)C3)c2)C1=O. The van der Waals surface area contributed by atoms with Gasteiger partial charge in [-0.25, -0.2) is 4.79 Å². The molecule has 8 nitrogen and oxygen atoms in total. The second-order valence-electron chi connectivity index (χ2n) is 7.52. The lowest BCUT2D eigenvalue weighted by atomic mass is 10.3. The molecule has 3 aliphatic rings. The van der Waals surface area contributed by atoms with Crippen molar-refractivity contribution in [2.75, 3.05) is 38.1 Å². The van der Waals surface area contributed by atoms with Crippen molar-refractivity contribution in [2.45, 2.75) is 37.8 Å². The van der Waals surface area contributed by atoms with Gasteiger partial charge in [-0.1, -0.05) is 11.3 Å². The number of hydrogen-bond donors (Lipinski definition) is 0. The normalized spacial score (nSPS) is 24.2. The minimum Gasteiger partial charge on any atom is -0.326 e. The number of anilines is 1. The predicted molar refractivity (Wildman–Crippen MR) is 98.4 cm³/mol. The molecular formula is C17H23N7OS. The van der Waals surface area contributed by atoms with Crippen LogP contribution in [0.4, 0.5) is 10.5 Å². The van der Waals surface area contributed by atoms with E-state index in [1.165, 1.54) is 17.8 Å². The maximum atomic E-state index is 12.1. The molecule has 3 fully saturated rings. The van der Waals surface area contributed by atoms with E-state index < -0.39 is 0 Å². The maximum Gasteiger partial charge on any atom is 0.324 e. The van der Waals surface area contributed by atoms with Crippen LogP contribution in [0.5, 0.6) is 0 Å². The lowest BCUT2D eigenvalue weighted by Gasteiger charge is -2.15. The van der Waals surface area contributed by atoms with Crippen molar-refractivity contribution in [1.29, 1.82) is 0 Å². The zero-order valence-electron chi connectivity index (χ0n) is 14.9. The number of nitrogens with zero attached hydrogens (tertiary/aromatic N) is 7. The Kier molecular flexibility index (Phi) is 3.93. The van der Waals surface area contributed by atoms with E-state index in [9.17, 15) is 4.79 Å². The Bertz CT molecular complexity index is 814. The molecule has 5 rings (SSSR count). The zero-order chi connectivity index (χ0) is 17.7. The van der Waals surface area contributed by atoms with Crippen LogP contribution in [-0.2, 0) is 6.54 Å². The molecule has 138 valence electrons. The van der Waals surface area contributed by atoms with Crippen LogP contribution in [0.2, 0.25) is 0 Å². The molecule has 2 aromatic heterocycles. The molecule has 1 saturated carbocycles. The third-order valence-corrected chi connectivity index (χ3v) is 6.58. The van der Waals surface area contributed by atoms with Crippen molar-refractivity contribution in [2.24, 2.45) is 0 Å². The Hall–Kier alpha value is -2.00. The first-order valence-corrected chi connectivity index (χ1v) is 10.1. The van der Waals surface area contributed by atoms with Gasteiger partial charge in [0, 0.05) is 45.3 Å². The number of carbonyl (C=O) groups excluding carboxylic acids is 1. The summed E-state index contributed by atoms with van der Waals surface area (Å²) in [5.41, 5.74) is 0.899. The Morgan fingerprint density at radius 3 is 2.85 bits per heavy atom. The molecular weight excluding hydrogens is 350 g/mol. The Morgan fingerprint density at radius 2 is 2.08 bits per heavy atom. The average molecular weight is 373 g/mol. The van der Waals surface area contributed by atoms with Crippen molar-refractivity contribution in [3.63, 3.8) is 0 Å². The molecule has 2 aliphatic heterocycles. The lowest BCUT2D eigenvalue weighted by molar-refractivity contribution is 0.229. The van der Waals surface area contributed by atoms with Gasteiger partial charge >= 0.3 is 6.03 Å². The van der Waals surface area contributed by atoms with Gasteiger partial charge in [0.15, 0.2) is 0 Å². The van der Waals surface area contributed by atoms with Crippen LogP contribution in [0.15, 0.2) is 12.4 Å². The van der Waals surface area contributed by atoms with Crippen molar-refractivity contribution in [1.82, 2.24) is 29.8 Å². The van der Waals surface area contributed by atoms with Crippen LogP contribution < -0.4 is 4.90 Å². The van der Waals surface area contributed by atoms with Gasteiger partial charge < -0.3 is 4.90 Å². The monoisotopic (exact) mass is 373 g/mol. The molecule has 0 aromatic carbocycles. The first kappa shape index (κ1) is 16.2. The summed E-state index contributed by atoms with van der Waals surface area (Å²) in [6, 6.07) is 0.412. The molecule has 1 atom stereocenters. The number of urea groups is 1. The van der Waals surface area contributed by atoms with Crippen molar-refractivity contribution in [3.8, 4) is 0 Å². The third kappa shape index (κ3) is 2.99. The highest BCUT2D eigenvalue weighted by molar-refractivity contribution is 7.11. The van der Waals surface area contributed by atoms with E-state index >= 15 is 0 Å². The minimum absolute atomic E-state index is 0.0559. The molecule has 2 saturated heterocycles. The van der Waals surface area contributed by atoms with Crippen molar-refractivity contribution in [3.05, 3.63) is 22.4 Å². The maximum absolute atomic E-state index is 12.1. The number of rotatable bonds is 5. The predicted octanol–water partition coefficient (Wildman–Crippen LogP) is 1.93. The van der Waals surface area contributed by atoms with Gasteiger partial charge in [0.2, 0.25) is 0 Å². The summed E-state index contributed by atoms with van der Waals surface area (Å²) in [7, 11) is 1.84. The third-order valence-electron chi connectivity index (χ3n) is 5.51. The Labute approximate surface area is 156 Å². The lowest BCUT2D eigenvalue weighted by Crippen LogP contribution is -2.28. The highest BCUT2D eigenvalue weighted by Gasteiger charge is 2.31. The molecule has 0 bridgehead atoms. The Balaban J connectivity index is 1.21. The number of likely N-dealkylation sites (tertiary alicyclic amines) is 1. The second kappa shape index (κ2) is 6.31. The number of hydrogen-bond acceptors (Lipinski definition) is 6. The number of amides is 2. The molecule has 4 heterocycles. The van der Waals surface area contributed by atoms with Gasteiger partial charge in [-0.05, 0) is 19.3 Å². The first-order chi connectivity index (χ1) is 12.7.